The fourth-order valence-corrected chi connectivity index (χ4v) is 6.80. The van der Waals surface area contributed by atoms with Gasteiger partial charge in [0, 0.05) is 32.1 Å². The van der Waals surface area contributed by atoms with Crippen molar-refractivity contribution in [2.45, 2.75) is 64.0 Å². The number of nitrogens with zero attached hydrogens (tertiary/aromatic N) is 4. The van der Waals surface area contributed by atoms with Gasteiger partial charge in [-0.25, -0.2) is 23.1 Å². The van der Waals surface area contributed by atoms with Gasteiger partial charge in [0.15, 0.2) is 25.1 Å². The summed E-state index contributed by atoms with van der Waals surface area (Å²) in [4.78, 5) is 66.6. The van der Waals surface area contributed by atoms with Crippen molar-refractivity contribution in [2.75, 3.05) is 76.0 Å². The number of para-hydroxylation sites is 1. The summed E-state index contributed by atoms with van der Waals surface area (Å²) in [6.45, 7) is 8.29. The number of carbonyl (C=O) groups is 5. The number of anilines is 2. The third-order valence-corrected chi connectivity index (χ3v) is 9.94. The minimum atomic E-state index is -4.44. The highest BCUT2D eigenvalue weighted by molar-refractivity contribution is 7.89. The van der Waals surface area contributed by atoms with Crippen molar-refractivity contribution in [3.05, 3.63) is 48.0 Å². The molecule has 2 amide bonds. The maximum Gasteiger partial charge on any atom is 0.344 e. The molecule has 2 heterocycles. The number of ether oxygens (including phenoxy) is 6. The predicted octanol–water partition coefficient (Wildman–Crippen LogP) is 2.48. The standard InChI is InChI=1S/C38H51N7O13S2/c1-6-7-13-40-29-18-26(19-30(60(39,51)52)34(29)58-27-11-9-8-10-12-27)37(50)56-23-31(47)41-20-32(48)45(38(3,4)5)21-28(57-33(49)24-54-25(2)46)22-55-36-35(42-59-43-36)44-14-16-53-17-15-44/h8-12,18-19,28,40H,6-7,13-17,20-24H2,1-5H3,(H,41,47)(H2,39,51,52)/t28-/m0/s1. The molecule has 1 aliphatic rings. The number of sulfonamides is 1. The molecule has 1 aromatic heterocycles. The second-order valence-electron chi connectivity index (χ2n) is 14.3. The van der Waals surface area contributed by atoms with Crippen molar-refractivity contribution in [3.8, 4) is 17.4 Å². The molecular formula is C38H51N7O13S2. The number of benzene rings is 2. The summed E-state index contributed by atoms with van der Waals surface area (Å²) in [5.74, 6) is -3.19. The zero-order valence-corrected chi connectivity index (χ0v) is 35.7. The maximum atomic E-state index is 13.6. The largest absolute Gasteiger partial charge is 0.470 e. The van der Waals surface area contributed by atoms with Crippen LogP contribution in [0.5, 0.6) is 17.4 Å². The summed E-state index contributed by atoms with van der Waals surface area (Å²) in [6.07, 6.45) is 0.435. The molecule has 60 heavy (non-hydrogen) atoms. The number of nitrogens with two attached hydrogens (primary N) is 1. The van der Waals surface area contributed by atoms with Crippen molar-refractivity contribution >= 4 is 63.0 Å². The number of aromatic nitrogens is 2. The smallest absolute Gasteiger partial charge is 0.344 e. The van der Waals surface area contributed by atoms with Crippen LogP contribution in [-0.2, 0) is 48.1 Å². The van der Waals surface area contributed by atoms with Gasteiger partial charge in [-0.1, -0.05) is 31.5 Å². The summed E-state index contributed by atoms with van der Waals surface area (Å²) < 4.78 is 66.9. The van der Waals surface area contributed by atoms with Crippen LogP contribution in [0.15, 0.2) is 47.4 Å². The van der Waals surface area contributed by atoms with E-state index in [-0.39, 0.29) is 36.0 Å². The second kappa shape index (κ2) is 22.1. The Morgan fingerprint density at radius 3 is 2.40 bits per heavy atom. The van der Waals surface area contributed by atoms with Gasteiger partial charge in [0.25, 0.3) is 11.8 Å². The number of esters is 3. The van der Waals surface area contributed by atoms with Crippen LogP contribution in [0.2, 0.25) is 0 Å². The lowest BCUT2D eigenvalue weighted by Gasteiger charge is -2.38. The summed E-state index contributed by atoms with van der Waals surface area (Å²) >= 11 is 0.934. The van der Waals surface area contributed by atoms with Gasteiger partial charge in [-0.2, -0.15) is 4.37 Å². The number of amides is 2. The highest BCUT2D eigenvalue weighted by Crippen LogP contribution is 2.37. The van der Waals surface area contributed by atoms with Gasteiger partial charge in [0.1, 0.15) is 17.3 Å². The molecule has 0 spiro atoms. The Kier molecular flexibility index (Phi) is 17.4. The first kappa shape index (κ1) is 47.1. The first-order valence-electron chi connectivity index (χ1n) is 19.0. The number of hydrogen-bond donors (Lipinski definition) is 3. The molecule has 4 N–H and O–H groups in total. The lowest BCUT2D eigenvalue weighted by molar-refractivity contribution is -0.164. The predicted molar refractivity (Wildman–Crippen MR) is 217 cm³/mol. The van der Waals surface area contributed by atoms with Crippen LogP contribution < -0.4 is 30.1 Å². The average molecular weight is 878 g/mol. The lowest BCUT2D eigenvalue weighted by atomic mass is 10.0. The van der Waals surface area contributed by atoms with E-state index in [0.717, 1.165) is 31.1 Å². The number of morpholine rings is 1. The second-order valence-corrected chi connectivity index (χ2v) is 16.4. The quantitative estimate of drug-likeness (QED) is 0.0789. The van der Waals surface area contributed by atoms with Crippen molar-refractivity contribution < 1.29 is 60.8 Å². The topological polar surface area (TPSA) is 257 Å². The van der Waals surface area contributed by atoms with E-state index in [2.05, 4.69) is 19.4 Å². The SMILES string of the molecule is CCCCNc1cc(C(=O)OCC(=O)NCC(=O)N(C[C@@H](COc2nsnc2N2CCOCC2)OC(=O)COC(C)=O)C(C)(C)C)cc(S(N)(=O)=O)c1Oc1ccccc1. The molecule has 0 bridgehead atoms. The maximum absolute atomic E-state index is 13.6. The van der Waals surface area contributed by atoms with Gasteiger partial charge in [-0.15, -0.1) is 4.37 Å². The molecular weight excluding hydrogens is 827 g/mol. The monoisotopic (exact) mass is 877 g/mol. The highest BCUT2D eigenvalue weighted by Gasteiger charge is 2.32. The molecule has 1 atom stereocenters. The highest BCUT2D eigenvalue weighted by atomic mass is 32.2. The van der Waals surface area contributed by atoms with Crippen LogP contribution in [0.25, 0.3) is 0 Å². The van der Waals surface area contributed by atoms with Crippen LogP contribution >= 0.6 is 11.7 Å². The minimum Gasteiger partial charge on any atom is -0.470 e. The van der Waals surface area contributed by atoms with Crippen molar-refractivity contribution in [2.24, 2.45) is 5.14 Å². The third-order valence-electron chi connectivity index (χ3n) is 8.52. The number of carbonyl (C=O) groups excluding carboxylic acids is 5. The van der Waals surface area contributed by atoms with Crippen LogP contribution in [0.1, 0.15) is 57.8 Å². The zero-order chi connectivity index (χ0) is 43.9. The van der Waals surface area contributed by atoms with Crippen molar-refractivity contribution in [3.63, 3.8) is 0 Å². The van der Waals surface area contributed by atoms with E-state index in [1.807, 2.05) is 11.8 Å². The Morgan fingerprint density at radius 1 is 1.03 bits per heavy atom. The summed E-state index contributed by atoms with van der Waals surface area (Å²) in [5.41, 5.74) is -0.955. The van der Waals surface area contributed by atoms with Gasteiger partial charge >= 0.3 is 17.9 Å². The van der Waals surface area contributed by atoms with E-state index in [4.69, 9.17) is 33.6 Å². The molecule has 0 aliphatic carbocycles. The first-order valence-corrected chi connectivity index (χ1v) is 21.3. The third kappa shape index (κ3) is 14.6. The Bertz CT molecular complexity index is 2050. The molecule has 0 saturated carbocycles. The summed E-state index contributed by atoms with van der Waals surface area (Å²) in [5, 5.41) is 11.1. The number of hydrogen-bond acceptors (Lipinski definition) is 18. The van der Waals surface area contributed by atoms with Gasteiger partial charge in [0.2, 0.25) is 21.7 Å². The Morgan fingerprint density at radius 2 is 1.75 bits per heavy atom. The van der Waals surface area contributed by atoms with Crippen LogP contribution in [0, 0.1) is 0 Å². The van der Waals surface area contributed by atoms with Crippen molar-refractivity contribution in [1.82, 2.24) is 19.0 Å². The first-order chi connectivity index (χ1) is 28.5. The van der Waals surface area contributed by atoms with E-state index < -0.39 is 76.0 Å². The number of rotatable bonds is 21. The summed E-state index contributed by atoms with van der Waals surface area (Å²) in [6, 6.07) is 10.7. The molecule has 1 saturated heterocycles. The molecule has 22 heteroatoms. The molecule has 2 aromatic carbocycles. The summed E-state index contributed by atoms with van der Waals surface area (Å²) in [7, 11) is -4.44. The Balaban J connectivity index is 1.43. The molecule has 0 unspecified atom stereocenters. The average Bonchev–Trinajstić information content (AvgIpc) is 3.68. The minimum absolute atomic E-state index is 0.123. The molecule has 20 nitrogen and oxygen atoms in total. The van der Waals surface area contributed by atoms with E-state index >= 15 is 0 Å². The van der Waals surface area contributed by atoms with Crippen LogP contribution in [-0.4, -0.2) is 129 Å². The lowest BCUT2D eigenvalue weighted by Crippen LogP contribution is -2.54. The molecule has 1 fully saturated rings. The van der Waals surface area contributed by atoms with Crippen LogP contribution in [0.3, 0.4) is 0 Å². The van der Waals surface area contributed by atoms with Gasteiger partial charge in [-0.3, -0.25) is 14.4 Å². The van der Waals surface area contributed by atoms with E-state index in [1.54, 1.807) is 51.1 Å². The van der Waals surface area contributed by atoms with Gasteiger partial charge < -0.3 is 48.9 Å². The van der Waals surface area contributed by atoms with Gasteiger partial charge in [-0.05, 0) is 51.5 Å². The van der Waals surface area contributed by atoms with Gasteiger partial charge in [0.05, 0.1) is 49.3 Å². The molecule has 0 radical (unpaired) electrons. The number of primary sulfonamides is 1. The molecule has 3 aromatic rings. The molecule has 1 aliphatic heterocycles. The van der Waals surface area contributed by atoms with Crippen LogP contribution in [0.4, 0.5) is 11.5 Å². The van der Waals surface area contributed by atoms with E-state index in [0.29, 0.717) is 50.8 Å². The number of unbranched alkanes of at least 4 members (excludes halogenated alkanes) is 1. The normalized spacial score (nSPS) is 13.4. The Labute approximate surface area is 352 Å². The number of nitrogens with one attached hydrogen (secondary N) is 2. The zero-order valence-electron chi connectivity index (χ0n) is 34.1. The van der Waals surface area contributed by atoms with E-state index in [9.17, 15) is 32.4 Å². The van der Waals surface area contributed by atoms with Crippen molar-refractivity contribution in [1.29, 1.82) is 0 Å². The molecule has 328 valence electrons. The molecule has 4 rings (SSSR count). The Hall–Kier alpha value is -5.58. The van der Waals surface area contributed by atoms with E-state index in [1.165, 1.54) is 11.0 Å². The fraction of sp³-hybridized carbons (Fsp3) is 0.500. The fourth-order valence-electron chi connectivity index (χ4n) is 5.57.